The van der Waals surface area contributed by atoms with Crippen LogP contribution < -0.4 is 5.14 Å². The third kappa shape index (κ3) is 4.52. The van der Waals surface area contributed by atoms with Crippen molar-refractivity contribution >= 4 is 27.5 Å². The molecule has 0 aromatic heterocycles. The second kappa shape index (κ2) is 8.16. The maximum absolute atomic E-state index is 14.0. The summed E-state index contributed by atoms with van der Waals surface area (Å²) in [6.45, 7) is 4.13. The molecule has 28 heavy (non-hydrogen) atoms. The number of amides is 1. The first-order chi connectivity index (χ1) is 13.2. The van der Waals surface area contributed by atoms with Gasteiger partial charge < -0.3 is 4.90 Å². The van der Waals surface area contributed by atoms with Crippen LogP contribution in [-0.4, -0.2) is 50.3 Å². The number of carbonyl (C=O) groups excluding carboxylic acids is 1. The number of nitrogens with two attached hydrogens (primary N) is 1. The normalized spacial score (nSPS) is 15.6. The lowest BCUT2D eigenvalue weighted by molar-refractivity contribution is 0.0626. The summed E-state index contributed by atoms with van der Waals surface area (Å²) < 4.78 is 37.1. The average Bonchev–Trinajstić information content (AvgIpc) is 2.64. The van der Waals surface area contributed by atoms with E-state index in [2.05, 4.69) is 0 Å². The van der Waals surface area contributed by atoms with Gasteiger partial charge in [0, 0.05) is 48.9 Å². The SMILES string of the molecule is Cc1ccc(S(N)(=O)=O)cc1C(=O)N1CCN(Cc2c(F)cccc2Cl)CC1. The zero-order valence-electron chi connectivity index (χ0n) is 15.4. The van der Waals surface area contributed by atoms with Crippen molar-refractivity contribution in [3.8, 4) is 0 Å². The minimum Gasteiger partial charge on any atom is -0.336 e. The van der Waals surface area contributed by atoms with Crippen molar-refractivity contribution in [2.75, 3.05) is 26.2 Å². The van der Waals surface area contributed by atoms with Gasteiger partial charge in [-0.3, -0.25) is 9.69 Å². The molecule has 2 N–H and O–H groups in total. The Morgan fingerprint density at radius 1 is 1.18 bits per heavy atom. The Bertz CT molecular complexity index is 985. The maximum Gasteiger partial charge on any atom is 0.254 e. The summed E-state index contributed by atoms with van der Waals surface area (Å²) in [5.41, 5.74) is 1.44. The van der Waals surface area contributed by atoms with Crippen molar-refractivity contribution in [1.29, 1.82) is 0 Å². The number of primary sulfonamides is 1. The summed E-state index contributed by atoms with van der Waals surface area (Å²) in [5, 5.41) is 5.55. The first-order valence-corrected chi connectivity index (χ1v) is 10.7. The van der Waals surface area contributed by atoms with Crippen LogP contribution in [0.3, 0.4) is 0 Å². The van der Waals surface area contributed by atoms with Crippen LogP contribution in [0.1, 0.15) is 21.5 Å². The molecule has 1 heterocycles. The molecule has 0 unspecified atom stereocenters. The molecule has 2 aromatic rings. The van der Waals surface area contributed by atoms with Crippen LogP contribution in [0, 0.1) is 12.7 Å². The van der Waals surface area contributed by atoms with Gasteiger partial charge in [-0.2, -0.15) is 0 Å². The molecule has 2 aromatic carbocycles. The zero-order valence-corrected chi connectivity index (χ0v) is 16.9. The molecular formula is C19H21ClFN3O3S. The van der Waals surface area contributed by atoms with Crippen molar-refractivity contribution in [3.05, 3.63) is 63.9 Å². The van der Waals surface area contributed by atoms with Crippen LogP contribution >= 0.6 is 11.6 Å². The molecule has 3 rings (SSSR count). The van der Waals surface area contributed by atoms with Crippen LogP contribution in [0.25, 0.3) is 0 Å². The van der Waals surface area contributed by atoms with Crippen molar-refractivity contribution in [1.82, 2.24) is 9.80 Å². The Morgan fingerprint density at radius 2 is 1.86 bits per heavy atom. The van der Waals surface area contributed by atoms with E-state index < -0.39 is 10.0 Å². The van der Waals surface area contributed by atoms with Crippen LogP contribution in [-0.2, 0) is 16.6 Å². The van der Waals surface area contributed by atoms with Crippen LogP contribution in [0.15, 0.2) is 41.3 Å². The predicted octanol–water partition coefficient (Wildman–Crippen LogP) is 2.39. The van der Waals surface area contributed by atoms with E-state index >= 15 is 0 Å². The standard InChI is InChI=1S/C19H21ClFN3O3S/c1-13-5-6-14(28(22,26)27)11-15(13)19(25)24-9-7-23(8-10-24)12-16-17(20)3-2-4-18(16)21/h2-6,11H,7-10,12H2,1H3,(H2,22,26,27). The van der Waals surface area contributed by atoms with E-state index in [1.807, 2.05) is 4.90 Å². The highest BCUT2D eigenvalue weighted by Crippen LogP contribution is 2.22. The number of nitrogens with zero attached hydrogens (tertiary/aromatic N) is 2. The highest BCUT2D eigenvalue weighted by atomic mass is 35.5. The molecule has 0 spiro atoms. The van der Waals surface area contributed by atoms with Crippen molar-refractivity contribution < 1.29 is 17.6 Å². The molecule has 9 heteroatoms. The smallest absolute Gasteiger partial charge is 0.254 e. The van der Waals surface area contributed by atoms with E-state index in [0.717, 1.165) is 0 Å². The number of hydrogen-bond donors (Lipinski definition) is 1. The van der Waals surface area contributed by atoms with Crippen LogP contribution in [0.4, 0.5) is 4.39 Å². The minimum atomic E-state index is -3.88. The van der Waals surface area contributed by atoms with E-state index in [9.17, 15) is 17.6 Å². The van der Waals surface area contributed by atoms with Crippen LogP contribution in [0.2, 0.25) is 5.02 Å². The summed E-state index contributed by atoms with van der Waals surface area (Å²) in [7, 11) is -3.88. The number of sulfonamides is 1. The molecule has 1 amide bonds. The molecule has 1 fully saturated rings. The lowest BCUT2D eigenvalue weighted by Crippen LogP contribution is -2.48. The molecule has 0 radical (unpaired) electrons. The molecular weight excluding hydrogens is 405 g/mol. The third-order valence-corrected chi connectivity index (χ3v) is 6.14. The number of benzene rings is 2. The number of halogens is 2. The minimum absolute atomic E-state index is 0.0886. The molecule has 150 valence electrons. The number of hydrogen-bond acceptors (Lipinski definition) is 4. The fourth-order valence-electron chi connectivity index (χ4n) is 3.19. The van der Waals surface area contributed by atoms with Gasteiger partial charge in [-0.15, -0.1) is 0 Å². The molecule has 0 bridgehead atoms. The lowest BCUT2D eigenvalue weighted by atomic mass is 10.1. The van der Waals surface area contributed by atoms with Gasteiger partial charge in [0.15, 0.2) is 0 Å². The van der Waals surface area contributed by atoms with E-state index in [1.54, 1.807) is 30.0 Å². The number of piperazine rings is 1. The summed E-state index contributed by atoms with van der Waals surface area (Å²) in [5.74, 6) is -0.590. The van der Waals surface area contributed by atoms with Gasteiger partial charge >= 0.3 is 0 Å². The quantitative estimate of drug-likeness (QED) is 0.815. The Balaban J connectivity index is 1.69. The molecule has 0 atom stereocenters. The van der Waals surface area contributed by atoms with Gasteiger partial charge in [0.05, 0.1) is 4.90 Å². The summed E-state index contributed by atoms with van der Waals surface area (Å²) in [6.07, 6.45) is 0. The van der Waals surface area contributed by atoms with E-state index in [1.165, 1.54) is 18.2 Å². The fraction of sp³-hybridized carbons (Fsp3) is 0.316. The molecule has 1 saturated heterocycles. The Labute approximate surface area is 168 Å². The summed E-state index contributed by atoms with van der Waals surface area (Å²) >= 11 is 6.09. The molecule has 1 aliphatic heterocycles. The molecule has 0 aliphatic carbocycles. The molecule has 0 saturated carbocycles. The first kappa shape index (κ1) is 20.7. The average molecular weight is 426 g/mol. The van der Waals surface area contributed by atoms with E-state index in [-0.39, 0.29) is 16.6 Å². The monoisotopic (exact) mass is 425 g/mol. The topological polar surface area (TPSA) is 83.7 Å². The van der Waals surface area contributed by atoms with Gasteiger partial charge in [-0.1, -0.05) is 23.7 Å². The predicted molar refractivity (Wildman–Crippen MR) is 105 cm³/mol. The summed E-state index contributed by atoms with van der Waals surface area (Å²) in [6, 6.07) is 8.87. The van der Waals surface area contributed by atoms with E-state index in [0.29, 0.717) is 54.4 Å². The van der Waals surface area contributed by atoms with Gasteiger partial charge in [-0.05, 0) is 36.8 Å². The van der Waals surface area contributed by atoms with Gasteiger partial charge in [-0.25, -0.2) is 17.9 Å². The largest absolute Gasteiger partial charge is 0.336 e. The Morgan fingerprint density at radius 3 is 2.46 bits per heavy atom. The van der Waals surface area contributed by atoms with Crippen molar-refractivity contribution in [2.24, 2.45) is 5.14 Å². The maximum atomic E-state index is 14.0. The second-order valence-electron chi connectivity index (χ2n) is 6.79. The third-order valence-electron chi connectivity index (χ3n) is 4.87. The van der Waals surface area contributed by atoms with Crippen molar-refractivity contribution in [3.63, 3.8) is 0 Å². The Kier molecular flexibility index (Phi) is 6.04. The zero-order chi connectivity index (χ0) is 20.5. The highest BCUT2D eigenvalue weighted by molar-refractivity contribution is 7.89. The van der Waals surface area contributed by atoms with Gasteiger partial charge in [0.1, 0.15) is 5.82 Å². The fourth-order valence-corrected chi connectivity index (χ4v) is 3.96. The highest BCUT2D eigenvalue weighted by Gasteiger charge is 2.25. The van der Waals surface area contributed by atoms with Gasteiger partial charge in [0.2, 0.25) is 10.0 Å². The number of aryl methyl sites for hydroxylation is 1. The second-order valence-corrected chi connectivity index (χ2v) is 8.76. The number of rotatable bonds is 4. The first-order valence-electron chi connectivity index (χ1n) is 8.75. The van der Waals surface area contributed by atoms with Crippen LogP contribution in [0.5, 0.6) is 0 Å². The summed E-state index contributed by atoms with van der Waals surface area (Å²) in [4.78, 5) is 16.5. The van der Waals surface area contributed by atoms with Crippen molar-refractivity contribution in [2.45, 2.75) is 18.4 Å². The Hall–Kier alpha value is -2.00. The number of carbonyl (C=O) groups is 1. The molecule has 1 aliphatic rings. The van der Waals surface area contributed by atoms with E-state index in [4.69, 9.17) is 16.7 Å². The lowest BCUT2D eigenvalue weighted by Gasteiger charge is -2.35. The molecule has 6 nitrogen and oxygen atoms in total. The van der Waals surface area contributed by atoms with Gasteiger partial charge in [0.25, 0.3) is 5.91 Å².